The monoisotopic (exact) mass is 411 g/mol. The SMILES string of the molecule is N#Cc1ccc(OCC(=O)N2CCC[C@@H](c3nc4ccccc4s3)C2)c(Cl)c1. The van der Waals surface area contributed by atoms with Crippen molar-refractivity contribution in [2.45, 2.75) is 18.8 Å². The number of hydrogen-bond acceptors (Lipinski definition) is 5. The van der Waals surface area contributed by atoms with Crippen molar-refractivity contribution in [1.29, 1.82) is 5.26 Å². The lowest BCUT2D eigenvalue weighted by Crippen LogP contribution is -2.41. The van der Waals surface area contributed by atoms with E-state index < -0.39 is 0 Å². The summed E-state index contributed by atoms with van der Waals surface area (Å²) in [5, 5.41) is 10.3. The second kappa shape index (κ2) is 8.17. The van der Waals surface area contributed by atoms with Crippen LogP contribution in [0.5, 0.6) is 5.75 Å². The minimum absolute atomic E-state index is 0.0637. The molecule has 1 aliphatic rings. The molecule has 0 spiro atoms. The third-order valence-corrected chi connectivity index (χ3v) is 6.34. The summed E-state index contributed by atoms with van der Waals surface area (Å²) in [7, 11) is 0. The summed E-state index contributed by atoms with van der Waals surface area (Å²) in [6.07, 6.45) is 1.98. The van der Waals surface area contributed by atoms with Gasteiger partial charge in [-0.3, -0.25) is 4.79 Å². The molecule has 7 heteroatoms. The van der Waals surface area contributed by atoms with E-state index in [1.165, 1.54) is 10.8 Å². The normalized spacial score (nSPS) is 16.7. The number of aromatic nitrogens is 1. The molecule has 4 rings (SSSR count). The number of para-hydroxylation sites is 1. The molecule has 1 saturated heterocycles. The first-order valence-corrected chi connectivity index (χ1v) is 10.3. The Morgan fingerprint density at radius 2 is 2.21 bits per heavy atom. The quantitative estimate of drug-likeness (QED) is 0.629. The van der Waals surface area contributed by atoms with E-state index in [0.717, 1.165) is 29.9 Å². The number of fused-ring (bicyclic) bond motifs is 1. The molecule has 1 atom stereocenters. The van der Waals surface area contributed by atoms with E-state index in [1.54, 1.807) is 23.5 Å². The lowest BCUT2D eigenvalue weighted by atomic mass is 9.99. The van der Waals surface area contributed by atoms with Gasteiger partial charge < -0.3 is 9.64 Å². The van der Waals surface area contributed by atoms with Gasteiger partial charge in [0.2, 0.25) is 0 Å². The molecule has 2 heterocycles. The number of carbonyl (C=O) groups is 1. The van der Waals surface area contributed by atoms with Crippen LogP contribution < -0.4 is 4.74 Å². The molecule has 1 fully saturated rings. The van der Waals surface area contributed by atoms with Gasteiger partial charge in [0.05, 0.1) is 31.9 Å². The van der Waals surface area contributed by atoms with E-state index in [-0.39, 0.29) is 18.4 Å². The number of nitriles is 1. The minimum atomic E-state index is -0.0712. The van der Waals surface area contributed by atoms with Gasteiger partial charge in [-0.15, -0.1) is 11.3 Å². The third kappa shape index (κ3) is 3.96. The number of thiazole rings is 1. The molecule has 0 N–H and O–H groups in total. The molecule has 1 amide bonds. The first kappa shape index (κ1) is 18.7. The van der Waals surface area contributed by atoms with E-state index in [9.17, 15) is 4.79 Å². The number of hydrogen-bond donors (Lipinski definition) is 0. The van der Waals surface area contributed by atoms with Crippen LogP contribution in [0.15, 0.2) is 42.5 Å². The summed E-state index contributed by atoms with van der Waals surface area (Å²) in [5.74, 6) is 0.605. The van der Waals surface area contributed by atoms with Crippen molar-refractivity contribution in [2.75, 3.05) is 19.7 Å². The average Bonchev–Trinajstić information content (AvgIpc) is 3.17. The standard InChI is InChI=1S/C21H18ClN3O2S/c22-16-10-14(11-23)7-8-18(16)27-13-20(26)25-9-3-4-15(12-25)21-24-17-5-1-2-6-19(17)28-21/h1-2,5-8,10,15H,3-4,9,12-13H2/t15-/m1/s1. The zero-order valence-corrected chi connectivity index (χ0v) is 16.7. The molecule has 1 aromatic heterocycles. The van der Waals surface area contributed by atoms with Gasteiger partial charge in [0, 0.05) is 19.0 Å². The van der Waals surface area contributed by atoms with Gasteiger partial charge >= 0.3 is 0 Å². The number of ether oxygens (including phenoxy) is 1. The Morgan fingerprint density at radius 1 is 1.36 bits per heavy atom. The van der Waals surface area contributed by atoms with Crippen LogP contribution in [0, 0.1) is 11.3 Å². The Morgan fingerprint density at radius 3 is 3.00 bits per heavy atom. The second-order valence-electron chi connectivity index (χ2n) is 6.74. The number of carbonyl (C=O) groups excluding carboxylic acids is 1. The Balaban J connectivity index is 1.40. The maximum absolute atomic E-state index is 12.6. The summed E-state index contributed by atoms with van der Waals surface area (Å²) in [4.78, 5) is 19.2. The van der Waals surface area contributed by atoms with Crippen molar-refractivity contribution >= 4 is 39.1 Å². The van der Waals surface area contributed by atoms with Gasteiger partial charge in [0.1, 0.15) is 5.75 Å². The largest absolute Gasteiger partial charge is 0.482 e. The molecule has 28 heavy (non-hydrogen) atoms. The maximum atomic E-state index is 12.6. The van der Waals surface area contributed by atoms with Gasteiger partial charge in [0.15, 0.2) is 6.61 Å². The number of amides is 1. The van der Waals surface area contributed by atoms with Crippen LogP contribution in [0.4, 0.5) is 0 Å². The first-order chi connectivity index (χ1) is 13.6. The molecule has 142 valence electrons. The fourth-order valence-corrected chi connectivity index (χ4v) is 4.72. The highest BCUT2D eigenvalue weighted by Gasteiger charge is 2.27. The second-order valence-corrected chi connectivity index (χ2v) is 8.21. The van der Waals surface area contributed by atoms with Crippen molar-refractivity contribution in [3.8, 4) is 11.8 Å². The van der Waals surface area contributed by atoms with Crippen molar-refractivity contribution in [2.24, 2.45) is 0 Å². The summed E-state index contributed by atoms with van der Waals surface area (Å²) < 4.78 is 6.78. The molecular formula is C21H18ClN3O2S. The Hall–Kier alpha value is -2.62. The van der Waals surface area contributed by atoms with Gasteiger partial charge in [-0.05, 0) is 43.2 Å². The number of nitrogens with zero attached hydrogens (tertiary/aromatic N) is 3. The predicted octanol–water partition coefficient (Wildman–Crippen LogP) is 4.61. The van der Waals surface area contributed by atoms with Crippen LogP contribution in [0.25, 0.3) is 10.2 Å². The third-order valence-electron chi connectivity index (χ3n) is 4.85. The van der Waals surface area contributed by atoms with Crippen LogP contribution in [0.2, 0.25) is 5.02 Å². The van der Waals surface area contributed by atoms with Gasteiger partial charge in [-0.2, -0.15) is 5.26 Å². The molecular weight excluding hydrogens is 394 g/mol. The van der Waals surface area contributed by atoms with E-state index in [1.807, 2.05) is 29.2 Å². The topological polar surface area (TPSA) is 66.2 Å². The average molecular weight is 412 g/mol. The molecule has 3 aromatic rings. The van der Waals surface area contributed by atoms with Gasteiger partial charge in [-0.1, -0.05) is 23.7 Å². The van der Waals surface area contributed by atoms with Crippen molar-refractivity contribution in [3.05, 3.63) is 58.1 Å². The van der Waals surface area contributed by atoms with Crippen LogP contribution in [0.3, 0.4) is 0 Å². The Labute approximate surface area is 172 Å². The predicted molar refractivity (Wildman–Crippen MR) is 110 cm³/mol. The zero-order valence-electron chi connectivity index (χ0n) is 15.1. The lowest BCUT2D eigenvalue weighted by molar-refractivity contribution is -0.134. The summed E-state index contributed by atoms with van der Waals surface area (Å²) >= 11 is 7.82. The summed E-state index contributed by atoms with van der Waals surface area (Å²) in [6.45, 7) is 1.31. The number of rotatable bonds is 4. The first-order valence-electron chi connectivity index (χ1n) is 9.10. The van der Waals surface area contributed by atoms with E-state index in [0.29, 0.717) is 22.9 Å². The summed E-state index contributed by atoms with van der Waals surface area (Å²) in [5.41, 5.74) is 1.48. The molecule has 0 saturated carbocycles. The molecule has 5 nitrogen and oxygen atoms in total. The molecule has 0 aliphatic carbocycles. The van der Waals surface area contributed by atoms with Crippen LogP contribution >= 0.6 is 22.9 Å². The van der Waals surface area contributed by atoms with Gasteiger partial charge in [-0.25, -0.2) is 4.98 Å². The molecule has 0 bridgehead atoms. The van der Waals surface area contributed by atoms with Crippen LogP contribution in [-0.2, 0) is 4.79 Å². The number of likely N-dealkylation sites (tertiary alicyclic amines) is 1. The molecule has 0 radical (unpaired) electrons. The highest BCUT2D eigenvalue weighted by Crippen LogP contribution is 2.33. The zero-order chi connectivity index (χ0) is 19.5. The lowest BCUT2D eigenvalue weighted by Gasteiger charge is -2.31. The van der Waals surface area contributed by atoms with Crippen molar-refractivity contribution in [1.82, 2.24) is 9.88 Å². The van der Waals surface area contributed by atoms with Crippen LogP contribution in [0.1, 0.15) is 29.3 Å². The maximum Gasteiger partial charge on any atom is 0.260 e. The fourth-order valence-electron chi connectivity index (χ4n) is 3.39. The highest BCUT2D eigenvalue weighted by molar-refractivity contribution is 7.18. The van der Waals surface area contributed by atoms with Crippen LogP contribution in [-0.4, -0.2) is 35.5 Å². The number of benzene rings is 2. The Bertz CT molecular complexity index is 1030. The number of halogens is 1. The van der Waals surface area contributed by atoms with E-state index >= 15 is 0 Å². The molecule has 1 aliphatic heterocycles. The summed E-state index contributed by atoms with van der Waals surface area (Å²) in [6, 6.07) is 14.9. The molecule has 2 aromatic carbocycles. The van der Waals surface area contributed by atoms with E-state index in [2.05, 4.69) is 6.07 Å². The smallest absolute Gasteiger partial charge is 0.260 e. The minimum Gasteiger partial charge on any atom is -0.482 e. The van der Waals surface area contributed by atoms with Gasteiger partial charge in [0.25, 0.3) is 5.91 Å². The highest BCUT2D eigenvalue weighted by atomic mass is 35.5. The Kier molecular flexibility index (Phi) is 5.47. The number of piperidine rings is 1. The van der Waals surface area contributed by atoms with Crippen molar-refractivity contribution < 1.29 is 9.53 Å². The van der Waals surface area contributed by atoms with Crippen molar-refractivity contribution in [3.63, 3.8) is 0 Å². The molecule has 0 unspecified atom stereocenters. The fraction of sp³-hybridized carbons (Fsp3) is 0.286. The van der Waals surface area contributed by atoms with E-state index in [4.69, 9.17) is 26.6 Å².